The van der Waals surface area contributed by atoms with Gasteiger partial charge >= 0.3 is 6.03 Å². The fraction of sp³-hybridized carbons (Fsp3) is 0.346. The molecule has 0 spiro atoms. The lowest BCUT2D eigenvalue weighted by molar-refractivity contribution is -0.136. The number of aryl methyl sites for hydroxylation is 1. The number of rotatable bonds is 6. The minimum absolute atomic E-state index is 0.0495. The average molecular weight is 477 g/mol. The lowest BCUT2D eigenvalue weighted by atomic mass is 9.93. The molecular formula is C26H28N4O5. The van der Waals surface area contributed by atoms with Crippen LogP contribution in [0.25, 0.3) is 0 Å². The molecule has 9 heteroatoms. The number of hydrogen-bond acceptors (Lipinski definition) is 5. The Bertz CT molecular complexity index is 1220. The minimum atomic E-state index is -1.04. The van der Waals surface area contributed by atoms with Crippen LogP contribution in [0.2, 0.25) is 0 Å². The van der Waals surface area contributed by atoms with Gasteiger partial charge < -0.3 is 10.6 Å². The smallest absolute Gasteiger partial charge is 0.319 e. The van der Waals surface area contributed by atoms with Crippen LogP contribution in [0.4, 0.5) is 10.5 Å². The number of nitrogens with one attached hydrogen (secondary N) is 3. The molecule has 2 aromatic carbocycles. The van der Waals surface area contributed by atoms with Crippen molar-refractivity contribution in [2.24, 2.45) is 0 Å². The van der Waals surface area contributed by atoms with Gasteiger partial charge in [-0.25, -0.2) is 4.79 Å². The predicted molar refractivity (Wildman–Crippen MR) is 129 cm³/mol. The highest BCUT2D eigenvalue weighted by Gasteiger charge is 2.44. The van der Waals surface area contributed by atoms with Gasteiger partial charge in [-0.3, -0.25) is 29.4 Å². The maximum absolute atomic E-state index is 13.0. The van der Waals surface area contributed by atoms with Gasteiger partial charge in [-0.2, -0.15) is 0 Å². The largest absolute Gasteiger partial charge is 0.329 e. The van der Waals surface area contributed by atoms with Crippen LogP contribution in [0.3, 0.4) is 0 Å². The van der Waals surface area contributed by atoms with Crippen LogP contribution < -0.4 is 16.0 Å². The summed E-state index contributed by atoms with van der Waals surface area (Å²) in [5, 5.41) is 7.82. The second-order valence-corrected chi connectivity index (χ2v) is 9.36. The first kappa shape index (κ1) is 24.1. The summed E-state index contributed by atoms with van der Waals surface area (Å²) in [6, 6.07) is 11.0. The van der Waals surface area contributed by atoms with E-state index in [1.165, 1.54) is 23.8 Å². The maximum atomic E-state index is 13.0. The van der Waals surface area contributed by atoms with Crippen molar-refractivity contribution in [3.63, 3.8) is 0 Å². The Morgan fingerprint density at radius 3 is 2.37 bits per heavy atom. The molecule has 0 saturated carbocycles. The van der Waals surface area contributed by atoms with E-state index in [9.17, 15) is 24.0 Å². The number of amides is 6. The number of imide groups is 2. The van der Waals surface area contributed by atoms with E-state index in [1.54, 1.807) is 0 Å². The van der Waals surface area contributed by atoms with E-state index in [0.29, 0.717) is 5.69 Å². The number of carbonyl (C=O) groups is 5. The van der Waals surface area contributed by atoms with E-state index in [0.717, 1.165) is 23.3 Å². The molecule has 0 radical (unpaired) electrons. The van der Waals surface area contributed by atoms with Crippen LogP contribution in [0.15, 0.2) is 42.5 Å². The Balaban J connectivity index is 1.46. The lowest BCUT2D eigenvalue weighted by Gasteiger charge is -2.27. The topological polar surface area (TPSA) is 125 Å². The number of piperidine rings is 1. The average Bonchev–Trinajstić information content (AvgIpc) is 3.04. The van der Waals surface area contributed by atoms with Gasteiger partial charge in [-0.1, -0.05) is 37.6 Å². The zero-order valence-corrected chi connectivity index (χ0v) is 19.9. The zero-order valence-electron chi connectivity index (χ0n) is 19.9. The zero-order chi connectivity index (χ0) is 25.3. The SMILES string of the molecule is CCCc1ccc(C(C)(C)NC(=O)Nc2ccc3c(c2)C(=O)N(C2CCC(=O)NC2=O)C3=O)cc1. The quantitative estimate of drug-likeness (QED) is 0.553. The van der Waals surface area contributed by atoms with E-state index < -0.39 is 41.2 Å². The molecule has 2 heterocycles. The minimum Gasteiger partial charge on any atom is -0.329 e. The molecule has 2 aliphatic heterocycles. The van der Waals surface area contributed by atoms with Crippen molar-refractivity contribution in [1.82, 2.24) is 15.5 Å². The summed E-state index contributed by atoms with van der Waals surface area (Å²) >= 11 is 0. The Morgan fingerprint density at radius 2 is 1.71 bits per heavy atom. The van der Waals surface area contributed by atoms with Crippen LogP contribution in [-0.2, 0) is 21.5 Å². The van der Waals surface area contributed by atoms with Crippen molar-refractivity contribution in [2.45, 2.75) is 58.0 Å². The van der Waals surface area contributed by atoms with Crippen LogP contribution in [-0.4, -0.2) is 40.6 Å². The summed E-state index contributed by atoms with van der Waals surface area (Å²) in [6.07, 6.45) is 2.19. The van der Waals surface area contributed by atoms with E-state index in [1.807, 2.05) is 26.0 Å². The van der Waals surface area contributed by atoms with Gasteiger partial charge in [-0.05, 0) is 56.0 Å². The van der Waals surface area contributed by atoms with Gasteiger partial charge in [-0.15, -0.1) is 0 Å². The molecule has 35 heavy (non-hydrogen) atoms. The van der Waals surface area contributed by atoms with Crippen LogP contribution >= 0.6 is 0 Å². The van der Waals surface area contributed by atoms with Crippen molar-refractivity contribution >= 4 is 35.3 Å². The maximum Gasteiger partial charge on any atom is 0.319 e. The molecule has 182 valence electrons. The molecule has 3 N–H and O–H groups in total. The highest BCUT2D eigenvalue weighted by molar-refractivity contribution is 6.23. The molecule has 2 aliphatic rings. The van der Waals surface area contributed by atoms with Crippen LogP contribution in [0.5, 0.6) is 0 Å². The summed E-state index contributed by atoms with van der Waals surface area (Å²) < 4.78 is 0. The highest BCUT2D eigenvalue weighted by Crippen LogP contribution is 2.30. The highest BCUT2D eigenvalue weighted by atomic mass is 16.2. The Morgan fingerprint density at radius 1 is 1.03 bits per heavy atom. The summed E-state index contributed by atoms with van der Waals surface area (Å²) in [4.78, 5) is 63.0. The summed E-state index contributed by atoms with van der Waals surface area (Å²) in [7, 11) is 0. The molecular weight excluding hydrogens is 448 g/mol. The van der Waals surface area contributed by atoms with E-state index in [-0.39, 0.29) is 24.0 Å². The van der Waals surface area contributed by atoms with Gasteiger partial charge in [0.05, 0.1) is 16.7 Å². The molecule has 4 rings (SSSR count). The van der Waals surface area contributed by atoms with E-state index in [2.05, 4.69) is 35.0 Å². The molecule has 1 unspecified atom stereocenters. The molecule has 0 aliphatic carbocycles. The first-order valence-corrected chi connectivity index (χ1v) is 11.6. The number of carbonyl (C=O) groups excluding carboxylic acids is 5. The van der Waals surface area contributed by atoms with E-state index in [4.69, 9.17) is 0 Å². The van der Waals surface area contributed by atoms with Gasteiger partial charge in [0.2, 0.25) is 11.8 Å². The summed E-state index contributed by atoms with van der Waals surface area (Å²) in [5.74, 6) is -2.32. The molecule has 1 fully saturated rings. The second-order valence-electron chi connectivity index (χ2n) is 9.36. The van der Waals surface area contributed by atoms with Crippen LogP contribution in [0.1, 0.15) is 71.9 Å². The standard InChI is InChI=1S/C26H28N4O5/c1-4-5-15-6-8-16(9-7-15)26(2,3)29-25(35)27-17-10-11-18-19(14-17)24(34)30(23(18)33)20-12-13-21(31)28-22(20)32/h6-11,14,20H,4-5,12-13H2,1-3H3,(H2,27,29,35)(H,28,31,32). The second kappa shape index (κ2) is 9.32. The number of nitrogens with zero attached hydrogens (tertiary/aromatic N) is 1. The molecule has 0 aromatic heterocycles. The number of fused-ring (bicyclic) bond motifs is 1. The Labute approximate surface area is 203 Å². The van der Waals surface area contributed by atoms with Crippen molar-refractivity contribution < 1.29 is 24.0 Å². The number of urea groups is 1. The molecule has 2 aromatic rings. The Hall–Kier alpha value is -4.01. The number of benzene rings is 2. The first-order chi connectivity index (χ1) is 16.6. The monoisotopic (exact) mass is 476 g/mol. The van der Waals surface area contributed by atoms with Crippen LogP contribution in [0, 0.1) is 0 Å². The fourth-order valence-corrected chi connectivity index (χ4v) is 4.44. The van der Waals surface area contributed by atoms with Crippen molar-refractivity contribution in [3.8, 4) is 0 Å². The van der Waals surface area contributed by atoms with Gasteiger partial charge in [0.1, 0.15) is 6.04 Å². The van der Waals surface area contributed by atoms with Gasteiger partial charge in [0.15, 0.2) is 0 Å². The summed E-state index contributed by atoms with van der Waals surface area (Å²) in [5.41, 5.74) is 2.12. The van der Waals surface area contributed by atoms with Crippen molar-refractivity contribution in [3.05, 3.63) is 64.7 Å². The molecule has 1 atom stereocenters. The van der Waals surface area contributed by atoms with Gasteiger partial charge in [0.25, 0.3) is 11.8 Å². The lowest BCUT2D eigenvalue weighted by Crippen LogP contribution is -2.54. The predicted octanol–water partition coefficient (Wildman–Crippen LogP) is 3.10. The third-order valence-electron chi connectivity index (χ3n) is 6.34. The third kappa shape index (κ3) is 4.80. The number of hydrogen-bond donors (Lipinski definition) is 3. The van der Waals surface area contributed by atoms with Gasteiger partial charge in [0, 0.05) is 12.1 Å². The molecule has 0 bridgehead atoms. The number of anilines is 1. The normalized spacial score (nSPS) is 17.8. The van der Waals surface area contributed by atoms with Crippen molar-refractivity contribution in [2.75, 3.05) is 5.32 Å². The Kier molecular flexibility index (Phi) is 6.43. The van der Waals surface area contributed by atoms with Crippen molar-refractivity contribution in [1.29, 1.82) is 0 Å². The fourth-order valence-electron chi connectivity index (χ4n) is 4.44. The summed E-state index contributed by atoms with van der Waals surface area (Å²) in [6.45, 7) is 5.91. The third-order valence-corrected chi connectivity index (χ3v) is 6.34. The van der Waals surface area contributed by atoms with E-state index >= 15 is 0 Å². The molecule has 9 nitrogen and oxygen atoms in total. The molecule has 6 amide bonds. The first-order valence-electron chi connectivity index (χ1n) is 11.6. The molecule has 1 saturated heterocycles.